The first-order valence-electron chi connectivity index (χ1n) is 7.52. The fourth-order valence-corrected chi connectivity index (χ4v) is 3.48. The molecule has 0 radical (unpaired) electrons. The molecule has 1 amide bonds. The number of carbonyl (C=O) groups excluding carboxylic acids is 1. The van der Waals surface area contributed by atoms with E-state index in [-0.39, 0.29) is 5.91 Å². The number of hydrogen-bond acceptors (Lipinski definition) is 4. The third-order valence-corrected chi connectivity index (χ3v) is 4.91. The number of aromatic nitrogens is 2. The van der Waals surface area contributed by atoms with E-state index in [4.69, 9.17) is 0 Å². The van der Waals surface area contributed by atoms with E-state index in [1.807, 2.05) is 17.0 Å². The van der Waals surface area contributed by atoms with Gasteiger partial charge in [0.2, 0.25) is 0 Å². The van der Waals surface area contributed by atoms with E-state index < -0.39 is 0 Å². The molecule has 2 aromatic heterocycles. The topological polar surface area (TPSA) is 46.1 Å². The lowest BCUT2D eigenvalue weighted by molar-refractivity contribution is 0.0734. The number of nitrogens with zero attached hydrogens (tertiary/aromatic N) is 3. The zero-order valence-corrected chi connectivity index (χ0v) is 13.3. The van der Waals surface area contributed by atoms with Crippen LogP contribution in [0.5, 0.6) is 0 Å². The van der Waals surface area contributed by atoms with Gasteiger partial charge in [-0.05, 0) is 29.7 Å². The summed E-state index contributed by atoms with van der Waals surface area (Å²) in [7, 11) is 0. The van der Waals surface area contributed by atoms with E-state index in [0.717, 1.165) is 23.5 Å². The summed E-state index contributed by atoms with van der Waals surface area (Å²) in [6.45, 7) is 1.43. The lowest BCUT2D eigenvalue weighted by Gasteiger charge is -2.29. The summed E-state index contributed by atoms with van der Waals surface area (Å²) in [5.41, 5.74) is 5.84. The molecule has 114 valence electrons. The van der Waals surface area contributed by atoms with Gasteiger partial charge in [0.25, 0.3) is 5.91 Å². The Hall–Kier alpha value is -2.53. The zero-order chi connectivity index (χ0) is 15.6. The summed E-state index contributed by atoms with van der Waals surface area (Å²) >= 11 is 1.52. The largest absolute Gasteiger partial charge is 0.334 e. The highest BCUT2D eigenvalue weighted by Gasteiger charge is 2.22. The minimum atomic E-state index is 0.0627. The Kier molecular flexibility index (Phi) is 3.63. The van der Waals surface area contributed by atoms with Crippen LogP contribution in [0, 0.1) is 0 Å². The number of benzene rings is 1. The lowest BCUT2D eigenvalue weighted by atomic mass is 9.99. The third kappa shape index (κ3) is 2.75. The second-order valence-corrected chi connectivity index (χ2v) is 6.43. The quantitative estimate of drug-likeness (QED) is 0.727. The van der Waals surface area contributed by atoms with E-state index in [0.29, 0.717) is 12.1 Å². The van der Waals surface area contributed by atoms with Gasteiger partial charge in [-0.25, -0.2) is 0 Å². The van der Waals surface area contributed by atoms with Crippen molar-refractivity contribution in [2.24, 2.45) is 0 Å². The first kappa shape index (κ1) is 14.1. The standard InChI is InChI=1S/C18H15N3OS/c22-18(21-8-6-13-3-1-2-4-15(13)11-21)14-5-7-20-16(9-14)17-10-19-12-23-17/h1-5,7,9-10,12H,6,8,11H2. The number of rotatable bonds is 2. The van der Waals surface area contributed by atoms with Crippen LogP contribution in [0.15, 0.2) is 54.3 Å². The molecule has 0 aliphatic carbocycles. The number of carbonyl (C=O) groups is 1. The van der Waals surface area contributed by atoms with Crippen molar-refractivity contribution in [1.82, 2.24) is 14.9 Å². The molecule has 1 aliphatic rings. The maximum Gasteiger partial charge on any atom is 0.254 e. The Morgan fingerprint density at radius 3 is 2.87 bits per heavy atom. The van der Waals surface area contributed by atoms with Crippen LogP contribution in [0.2, 0.25) is 0 Å². The molecule has 0 atom stereocenters. The van der Waals surface area contributed by atoms with Crippen LogP contribution in [0.3, 0.4) is 0 Å². The van der Waals surface area contributed by atoms with Gasteiger partial charge in [-0.15, -0.1) is 11.3 Å². The molecule has 4 rings (SSSR count). The highest BCUT2D eigenvalue weighted by atomic mass is 32.1. The Bertz CT molecular complexity index is 845. The number of hydrogen-bond donors (Lipinski definition) is 0. The van der Waals surface area contributed by atoms with Crippen molar-refractivity contribution in [2.45, 2.75) is 13.0 Å². The molecule has 0 saturated carbocycles. The van der Waals surface area contributed by atoms with E-state index in [1.54, 1.807) is 24.0 Å². The Morgan fingerprint density at radius 2 is 2.04 bits per heavy atom. The van der Waals surface area contributed by atoms with Crippen LogP contribution in [-0.2, 0) is 13.0 Å². The smallest absolute Gasteiger partial charge is 0.254 e. The van der Waals surface area contributed by atoms with Crippen LogP contribution >= 0.6 is 11.3 Å². The van der Waals surface area contributed by atoms with Crippen LogP contribution in [0.4, 0.5) is 0 Å². The van der Waals surface area contributed by atoms with E-state index in [2.05, 4.69) is 28.2 Å². The fourth-order valence-electron chi connectivity index (χ4n) is 2.89. The van der Waals surface area contributed by atoms with Gasteiger partial charge in [-0.2, -0.15) is 0 Å². The second-order valence-electron chi connectivity index (χ2n) is 5.54. The maximum atomic E-state index is 12.8. The van der Waals surface area contributed by atoms with Crippen molar-refractivity contribution in [3.8, 4) is 10.6 Å². The molecule has 0 N–H and O–H groups in total. The van der Waals surface area contributed by atoms with Crippen LogP contribution in [-0.4, -0.2) is 27.3 Å². The molecule has 1 aromatic carbocycles. The van der Waals surface area contributed by atoms with Gasteiger partial charge in [-0.3, -0.25) is 14.8 Å². The molecule has 0 saturated heterocycles. The highest BCUT2D eigenvalue weighted by molar-refractivity contribution is 7.13. The summed E-state index contributed by atoms with van der Waals surface area (Å²) in [6, 6.07) is 12.0. The summed E-state index contributed by atoms with van der Waals surface area (Å²) in [4.78, 5) is 24.1. The molecule has 4 nitrogen and oxygen atoms in total. The van der Waals surface area contributed by atoms with Gasteiger partial charge in [-0.1, -0.05) is 24.3 Å². The highest BCUT2D eigenvalue weighted by Crippen LogP contribution is 2.24. The molecule has 23 heavy (non-hydrogen) atoms. The average Bonchev–Trinajstić information content (AvgIpc) is 3.15. The first-order chi connectivity index (χ1) is 11.3. The van der Waals surface area contributed by atoms with E-state index in [9.17, 15) is 4.79 Å². The number of thiazole rings is 1. The SMILES string of the molecule is O=C(c1ccnc(-c2cncs2)c1)N1CCc2ccccc2C1. The van der Waals surface area contributed by atoms with Crippen LogP contribution in [0.25, 0.3) is 10.6 Å². The zero-order valence-electron chi connectivity index (χ0n) is 12.5. The molecule has 3 aromatic rings. The molecule has 0 fully saturated rings. The summed E-state index contributed by atoms with van der Waals surface area (Å²) in [5, 5.41) is 0. The molecule has 0 unspecified atom stereocenters. The summed E-state index contributed by atoms with van der Waals surface area (Å²) < 4.78 is 0. The average molecular weight is 321 g/mol. The normalized spacial score (nSPS) is 13.7. The Balaban J connectivity index is 1.59. The van der Waals surface area contributed by atoms with Crippen molar-refractivity contribution in [3.05, 3.63) is 71.0 Å². The van der Waals surface area contributed by atoms with Crippen LogP contribution < -0.4 is 0 Å². The molecular weight excluding hydrogens is 306 g/mol. The predicted molar refractivity (Wildman–Crippen MR) is 90.2 cm³/mol. The van der Waals surface area contributed by atoms with Crippen LogP contribution in [0.1, 0.15) is 21.5 Å². The Labute approximate surface area is 138 Å². The number of pyridine rings is 1. The van der Waals surface area contributed by atoms with Crippen molar-refractivity contribution < 1.29 is 4.79 Å². The molecule has 1 aliphatic heterocycles. The minimum absolute atomic E-state index is 0.0627. The summed E-state index contributed by atoms with van der Waals surface area (Å²) in [6.07, 6.45) is 4.38. The summed E-state index contributed by atoms with van der Waals surface area (Å²) in [5.74, 6) is 0.0627. The lowest BCUT2D eigenvalue weighted by Crippen LogP contribution is -2.35. The van der Waals surface area contributed by atoms with Crippen molar-refractivity contribution >= 4 is 17.2 Å². The minimum Gasteiger partial charge on any atom is -0.334 e. The molecule has 0 bridgehead atoms. The molecular formula is C18H15N3OS. The van der Waals surface area contributed by atoms with Crippen molar-refractivity contribution in [1.29, 1.82) is 0 Å². The fraction of sp³-hybridized carbons (Fsp3) is 0.167. The van der Waals surface area contributed by atoms with Gasteiger partial charge < -0.3 is 4.90 Å². The van der Waals surface area contributed by atoms with Gasteiger partial charge in [0.05, 0.1) is 16.1 Å². The maximum absolute atomic E-state index is 12.8. The first-order valence-corrected chi connectivity index (χ1v) is 8.40. The van der Waals surface area contributed by atoms with Gasteiger partial charge in [0.1, 0.15) is 0 Å². The number of fused-ring (bicyclic) bond motifs is 1. The second kappa shape index (κ2) is 5.93. The molecule has 3 heterocycles. The van der Waals surface area contributed by atoms with E-state index in [1.165, 1.54) is 22.5 Å². The van der Waals surface area contributed by atoms with Gasteiger partial charge >= 0.3 is 0 Å². The predicted octanol–water partition coefficient (Wildman–Crippen LogP) is 3.40. The number of amides is 1. The third-order valence-electron chi connectivity index (χ3n) is 4.11. The van der Waals surface area contributed by atoms with Gasteiger partial charge in [0.15, 0.2) is 0 Å². The van der Waals surface area contributed by atoms with Gasteiger partial charge in [0, 0.05) is 31.0 Å². The van der Waals surface area contributed by atoms with Crippen molar-refractivity contribution in [3.63, 3.8) is 0 Å². The Morgan fingerprint density at radius 1 is 1.17 bits per heavy atom. The van der Waals surface area contributed by atoms with E-state index >= 15 is 0 Å². The van der Waals surface area contributed by atoms with Crippen molar-refractivity contribution in [2.75, 3.05) is 6.54 Å². The molecule has 0 spiro atoms. The monoisotopic (exact) mass is 321 g/mol. The molecule has 5 heteroatoms.